The van der Waals surface area contributed by atoms with E-state index >= 15 is 0 Å². The molecule has 0 bridgehead atoms. The maximum Gasteiger partial charge on any atom is 0.409 e. The molecular formula is C21H25F3N2O. The fourth-order valence-corrected chi connectivity index (χ4v) is 3.97. The number of halogens is 3. The molecule has 1 amide bonds. The molecule has 146 valence electrons. The SMILES string of the molecule is CC(C)Cc1cccc2cccc([C@H](N3NC(=O)CC3(C)C)C(F)(F)F)c12. The van der Waals surface area contributed by atoms with Gasteiger partial charge in [0.15, 0.2) is 6.04 Å². The third-order valence-corrected chi connectivity index (χ3v) is 5.00. The van der Waals surface area contributed by atoms with Crippen LogP contribution in [-0.2, 0) is 11.2 Å². The molecule has 1 aliphatic rings. The first kappa shape index (κ1) is 19.7. The minimum atomic E-state index is -4.53. The highest BCUT2D eigenvalue weighted by Gasteiger charge is 2.53. The lowest BCUT2D eigenvalue weighted by Gasteiger charge is -2.38. The molecule has 1 fully saturated rings. The molecule has 0 aromatic heterocycles. The van der Waals surface area contributed by atoms with Crippen molar-refractivity contribution in [3.05, 3.63) is 47.5 Å². The molecule has 6 heteroatoms. The molecule has 1 saturated heterocycles. The summed E-state index contributed by atoms with van der Waals surface area (Å²) in [4.78, 5) is 11.9. The summed E-state index contributed by atoms with van der Waals surface area (Å²) in [6.07, 6.45) is -3.81. The number of amides is 1. The largest absolute Gasteiger partial charge is 0.409 e. The van der Waals surface area contributed by atoms with Crippen LogP contribution in [0.5, 0.6) is 0 Å². The average Bonchev–Trinajstić information content (AvgIpc) is 2.78. The van der Waals surface area contributed by atoms with Crippen molar-refractivity contribution in [2.45, 2.75) is 58.3 Å². The van der Waals surface area contributed by atoms with E-state index in [2.05, 4.69) is 5.43 Å². The smallest absolute Gasteiger partial charge is 0.287 e. The van der Waals surface area contributed by atoms with Crippen LogP contribution in [0.2, 0.25) is 0 Å². The number of benzene rings is 2. The highest BCUT2D eigenvalue weighted by atomic mass is 19.4. The molecule has 0 radical (unpaired) electrons. The van der Waals surface area contributed by atoms with Crippen LogP contribution >= 0.6 is 0 Å². The van der Waals surface area contributed by atoms with Crippen LogP contribution in [0.1, 0.15) is 51.3 Å². The van der Waals surface area contributed by atoms with Gasteiger partial charge < -0.3 is 0 Å². The van der Waals surface area contributed by atoms with Crippen LogP contribution in [0.3, 0.4) is 0 Å². The number of rotatable bonds is 4. The number of nitrogens with zero attached hydrogens (tertiary/aromatic N) is 1. The van der Waals surface area contributed by atoms with Gasteiger partial charge >= 0.3 is 6.18 Å². The Balaban J connectivity index is 2.24. The number of alkyl halides is 3. The van der Waals surface area contributed by atoms with Crippen LogP contribution in [0.15, 0.2) is 36.4 Å². The summed E-state index contributed by atoms with van der Waals surface area (Å²) in [7, 11) is 0. The van der Waals surface area contributed by atoms with Gasteiger partial charge in [-0.3, -0.25) is 10.2 Å². The van der Waals surface area contributed by atoms with E-state index in [0.29, 0.717) is 17.7 Å². The van der Waals surface area contributed by atoms with Crippen LogP contribution in [0.4, 0.5) is 13.2 Å². The van der Waals surface area contributed by atoms with E-state index in [9.17, 15) is 18.0 Å². The zero-order chi connectivity index (χ0) is 20.0. The van der Waals surface area contributed by atoms with Gasteiger partial charge in [-0.15, -0.1) is 0 Å². The normalized spacial score (nSPS) is 18.9. The Hall–Kier alpha value is -2.08. The minimum Gasteiger partial charge on any atom is -0.287 e. The third-order valence-electron chi connectivity index (χ3n) is 5.00. The van der Waals surface area contributed by atoms with E-state index in [-0.39, 0.29) is 12.0 Å². The molecule has 0 saturated carbocycles. The van der Waals surface area contributed by atoms with E-state index in [1.807, 2.05) is 38.1 Å². The first-order valence-corrected chi connectivity index (χ1v) is 9.17. The van der Waals surface area contributed by atoms with Crippen molar-refractivity contribution in [2.75, 3.05) is 0 Å². The van der Waals surface area contributed by atoms with Crippen LogP contribution in [0, 0.1) is 5.92 Å². The maximum atomic E-state index is 14.3. The summed E-state index contributed by atoms with van der Waals surface area (Å²) < 4.78 is 42.8. The summed E-state index contributed by atoms with van der Waals surface area (Å²) in [5.74, 6) is -0.0761. The fraction of sp³-hybridized carbons (Fsp3) is 0.476. The van der Waals surface area contributed by atoms with E-state index in [1.54, 1.807) is 19.9 Å². The van der Waals surface area contributed by atoms with Gasteiger partial charge in [-0.25, -0.2) is 0 Å². The molecule has 27 heavy (non-hydrogen) atoms. The maximum absolute atomic E-state index is 14.3. The zero-order valence-corrected chi connectivity index (χ0v) is 16.0. The monoisotopic (exact) mass is 378 g/mol. The second kappa shape index (κ2) is 6.82. The Bertz CT molecular complexity index is 853. The lowest BCUT2D eigenvalue weighted by atomic mass is 9.89. The van der Waals surface area contributed by atoms with Crippen molar-refractivity contribution >= 4 is 16.7 Å². The van der Waals surface area contributed by atoms with Crippen LogP contribution in [0.25, 0.3) is 10.8 Å². The minimum absolute atomic E-state index is 0.0309. The van der Waals surface area contributed by atoms with E-state index < -0.39 is 23.7 Å². The lowest BCUT2D eigenvalue weighted by Crippen LogP contribution is -2.51. The van der Waals surface area contributed by atoms with E-state index in [1.165, 1.54) is 6.07 Å². The molecule has 1 atom stereocenters. The molecule has 3 nitrogen and oxygen atoms in total. The summed E-state index contributed by atoms with van der Waals surface area (Å²) in [6.45, 7) is 7.41. The number of hydrogen-bond donors (Lipinski definition) is 1. The Morgan fingerprint density at radius 3 is 2.30 bits per heavy atom. The molecule has 0 aliphatic carbocycles. The summed E-state index contributed by atoms with van der Waals surface area (Å²) in [5.41, 5.74) is 2.60. The van der Waals surface area contributed by atoms with Crippen LogP contribution in [-0.4, -0.2) is 22.6 Å². The molecule has 3 rings (SSSR count). The van der Waals surface area contributed by atoms with Crippen LogP contribution < -0.4 is 5.43 Å². The predicted octanol–water partition coefficient (Wildman–Crippen LogP) is 5.16. The zero-order valence-electron chi connectivity index (χ0n) is 16.0. The van der Waals surface area contributed by atoms with Gasteiger partial charge in [0.1, 0.15) is 0 Å². The molecule has 1 heterocycles. The van der Waals surface area contributed by atoms with Crippen molar-refractivity contribution in [3.8, 4) is 0 Å². The molecule has 1 N–H and O–H groups in total. The number of nitrogens with one attached hydrogen (secondary N) is 1. The lowest BCUT2D eigenvalue weighted by molar-refractivity contribution is -0.203. The predicted molar refractivity (Wildman–Crippen MR) is 100.0 cm³/mol. The number of carbonyl (C=O) groups excluding carboxylic acids is 1. The second-order valence-corrected chi connectivity index (χ2v) is 8.30. The second-order valence-electron chi connectivity index (χ2n) is 8.30. The van der Waals surface area contributed by atoms with Crippen molar-refractivity contribution in [2.24, 2.45) is 5.92 Å². The number of carbonyl (C=O) groups is 1. The Morgan fingerprint density at radius 1 is 1.15 bits per heavy atom. The van der Waals surface area contributed by atoms with Crippen molar-refractivity contribution in [1.29, 1.82) is 0 Å². The molecule has 2 aromatic rings. The van der Waals surface area contributed by atoms with Gasteiger partial charge in [-0.05, 0) is 48.1 Å². The Labute approximate surface area is 157 Å². The molecule has 0 spiro atoms. The molecule has 1 aliphatic heterocycles. The topological polar surface area (TPSA) is 32.3 Å². The third kappa shape index (κ3) is 3.81. The quantitative estimate of drug-likeness (QED) is 0.797. The highest BCUT2D eigenvalue weighted by Crippen LogP contribution is 2.45. The number of hydrogen-bond acceptors (Lipinski definition) is 2. The highest BCUT2D eigenvalue weighted by molar-refractivity contribution is 5.89. The first-order chi connectivity index (χ1) is 12.5. The number of fused-ring (bicyclic) bond motifs is 1. The van der Waals surface area contributed by atoms with Gasteiger partial charge in [-0.2, -0.15) is 18.2 Å². The Morgan fingerprint density at radius 2 is 1.78 bits per heavy atom. The Kier molecular flexibility index (Phi) is 4.97. The molecular weight excluding hydrogens is 353 g/mol. The van der Waals surface area contributed by atoms with E-state index in [4.69, 9.17) is 0 Å². The number of hydrazine groups is 1. The van der Waals surface area contributed by atoms with Gasteiger partial charge in [0.25, 0.3) is 0 Å². The van der Waals surface area contributed by atoms with Gasteiger partial charge in [-0.1, -0.05) is 50.2 Å². The summed E-state index contributed by atoms with van der Waals surface area (Å²) in [5, 5.41) is 2.49. The standard InChI is InChI=1S/C21H25F3N2O/c1-13(2)11-15-9-5-7-14-8-6-10-16(18(14)15)19(21(22,23)24)26-20(3,4)12-17(27)25-26/h5-10,13,19H,11-12H2,1-4H3,(H,25,27)/t19-/m0/s1. The van der Waals surface area contributed by atoms with Crippen molar-refractivity contribution in [1.82, 2.24) is 10.4 Å². The van der Waals surface area contributed by atoms with Crippen molar-refractivity contribution in [3.63, 3.8) is 0 Å². The summed E-state index contributed by atoms with van der Waals surface area (Å²) in [6, 6.07) is 8.73. The van der Waals surface area contributed by atoms with Gasteiger partial charge in [0.05, 0.1) is 0 Å². The van der Waals surface area contributed by atoms with Crippen molar-refractivity contribution < 1.29 is 18.0 Å². The van der Waals surface area contributed by atoms with Gasteiger partial charge in [0, 0.05) is 12.0 Å². The van der Waals surface area contributed by atoms with E-state index in [0.717, 1.165) is 16.0 Å². The molecule has 0 unspecified atom stereocenters. The molecule has 2 aromatic carbocycles. The first-order valence-electron chi connectivity index (χ1n) is 9.17. The fourth-order valence-electron chi connectivity index (χ4n) is 3.97. The average molecular weight is 378 g/mol. The van der Waals surface area contributed by atoms with Gasteiger partial charge in [0.2, 0.25) is 5.91 Å². The summed E-state index contributed by atoms with van der Waals surface area (Å²) >= 11 is 0.